The van der Waals surface area contributed by atoms with Crippen LogP contribution in [0.3, 0.4) is 0 Å². The number of hydrogen-bond donors (Lipinski definition) is 5. The standard InChI is InChI=1S/C31H43ClN10/c1-34-27(8-11-33)35-12-15-40-16-18-42(19-17-40)25-6-4-23(5-7-25)30-38-29-28(26(32)20-36-31(29)39-30)37-24-9-13-41(14-10-24)21-22-2-3-22/h4-8,11,20,22,24,33-35H,2-3,9-10,12-19,21H2,1H3,(H2,36,37,38,39)/b27-8+,33-11?. The molecule has 1 aromatic carbocycles. The van der Waals surface area contributed by atoms with Crippen LogP contribution in [0.15, 0.2) is 42.4 Å². The fourth-order valence-corrected chi connectivity index (χ4v) is 6.25. The molecule has 0 atom stereocenters. The van der Waals surface area contributed by atoms with Crippen LogP contribution in [0.4, 0.5) is 11.4 Å². The van der Waals surface area contributed by atoms with Crippen molar-refractivity contribution >= 4 is 40.4 Å². The predicted octanol–water partition coefficient (Wildman–Crippen LogP) is 3.99. The van der Waals surface area contributed by atoms with E-state index in [9.17, 15) is 0 Å². The van der Waals surface area contributed by atoms with Crippen LogP contribution in [0.2, 0.25) is 5.02 Å². The molecule has 42 heavy (non-hydrogen) atoms. The number of allylic oxidation sites excluding steroid dienone is 1. The molecular weight excluding hydrogens is 548 g/mol. The second kappa shape index (κ2) is 13.3. The fraction of sp³-hybridized carbons (Fsp3) is 0.516. The van der Waals surface area contributed by atoms with Crippen molar-refractivity contribution in [1.82, 2.24) is 35.4 Å². The Morgan fingerprint density at radius 1 is 1.05 bits per heavy atom. The van der Waals surface area contributed by atoms with Crippen LogP contribution < -0.4 is 20.9 Å². The van der Waals surface area contributed by atoms with Crippen LogP contribution in [0, 0.1) is 11.3 Å². The van der Waals surface area contributed by atoms with Crippen LogP contribution in [-0.4, -0.2) is 103 Å². The lowest BCUT2D eigenvalue weighted by atomic mass is 10.0. The molecule has 0 amide bonds. The summed E-state index contributed by atoms with van der Waals surface area (Å²) in [5.74, 6) is 2.63. The first-order valence-corrected chi connectivity index (χ1v) is 15.7. The van der Waals surface area contributed by atoms with E-state index in [1.807, 2.05) is 7.05 Å². The van der Waals surface area contributed by atoms with Crippen molar-refractivity contribution < 1.29 is 0 Å². The number of benzene rings is 1. The Morgan fingerprint density at radius 2 is 1.81 bits per heavy atom. The minimum absolute atomic E-state index is 0.398. The molecule has 2 aliphatic heterocycles. The van der Waals surface area contributed by atoms with E-state index < -0.39 is 0 Å². The summed E-state index contributed by atoms with van der Waals surface area (Å²) in [6, 6.07) is 9.06. The van der Waals surface area contributed by atoms with Gasteiger partial charge < -0.3 is 36.1 Å². The number of H-pyrrole nitrogens is 1. The van der Waals surface area contributed by atoms with E-state index in [4.69, 9.17) is 22.0 Å². The van der Waals surface area contributed by atoms with Gasteiger partial charge in [-0.05, 0) is 61.9 Å². The Kier molecular flexibility index (Phi) is 9.12. The van der Waals surface area contributed by atoms with Crippen molar-refractivity contribution in [2.45, 2.75) is 31.7 Å². The molecule has 1 aliphatic carbocycles. The topological polar surface area (TPSA) is 111 Å². The molecule has 0 spiro atoms. The molecule has 3 aliphatic rings. The number of piperidine rings is 1. The highest BCUT2D eigenvalue weighted by Crippen LogP contribution is 2.34. The average Bonchev–Trinajstić information content (AvgIpc) is 3.73. The first-order valence-electron chi connectivity index (χ1n) is 15.3. The number of imidazole rings is 1. The molecule has 0 radical (unpaired) electrons. The number of halogens is 1. The number of nitrogens with zero attached hydrogens (tertiary/aromatic N) is 5. The predicted molar refractivity (Wildman–Crippen MR) is 173 cm³/mol. The molecule has 2 saturated heterocycles. The Morgan fingerprint density at radius 3 is 2.50 bits per heavy atom. The summed E-state index contributed by atoms with van der Waals surface area (Å²) in [4.78, 5) is 20.5. The van der Waals surface area contributed by atoms with E-state index in [1.54, 1.807) is 12.3 Å². The lowest BCUT2D eigenvalue weighted by molar-refractivity contribution is 0.211. The third-order valence-electron chi connectivity index (χ3n) is 8.76. The molecule has 4 heterocycles. The fourth-order valence-electron chi connectivity index (χ4n) is 6.06. The molecule has 0 bridgehead atoms. The van der Waals surface area contributed by atoms with E-state index in [2.05, 4.69) is 64.9 Å². The first kappa shape index (κ1) is 28.8. The lowest BCUT2D eigenvalue weighted by Crippen LogP contribution is -2.48. The zero-order valence-corrected chi connectivity index (χ0v) is 25.3. The van der Waals surface area contributed by atoms with E-state index in [0.717, 1.165) is 105 Å². The number of rotatable bonds is 12. The zero-order valence-electron chi connectivity index (χ0n) is 24.5. The highest BCUT2D eigenvalue weighted by atomic mass is 35.5. The van der Waals surface area contributed by atoms with Crippen LogP contribution in [0.1, 0.15) is 25.7 Å². The van der Waals surface area contributed by atoms with Crippen LogP contribution in [0.5, 0.6) is 0 Å². The third-order valence-corrected chi connectivity index (χ3v) is 9.04. The maximum absolute atomic E-state index is 7.23. The molecule has 3 aromatic rings. The van der Waals surface area contributed by atoms with Gasteiger partial charge in [-0.1, -0.05) is 11.6 Å². The van der Waals surface area contributed by atoms with Crippen molar-refractivity contribution in [3.63, 3.8) is 0 Å². The highest BCUT2D eigenvalue weighted by molar-refractivity contribution is 6.34. The number of hydrogen-bond acceptors (Lipinski definition) is 9. The molecule has 2 aromatic heterocycles. The Hall–Kier alpha value is -3.34. The highest BCUT2D eigenvalue weighted by Gasteiger charge is 2.28. The zero-order chi connectivity index (χ0) is 28.9. The summed E-state index contributed by atoms with van der Waals surface area (Å²) in [7, 11) is 1.86. The first-order chi connectivity index (χ1) is 20.6. The number of piperazine rings is 1. The smallest absolute Gasteiger partial charge is 0.159 e. The number of aromatic nitrogens is 3. The number of aromatic amines is 1. The SMILES string of the molecule is CN/C(=C\C=N)NCCN1CCN(c2ccc(-c3nc4c(NC5CCN(CC6CC6)CC5)c(Cl)cnc4[nH]3)cc2)CC1. The van der Waals surface area contributed by atoms with Crippen molar-refractivity contribution in [3.8, 4) is 11.4 Å². The maximum atomic E-state index is 7.23. The summed E-state index contributed by atoms with van der Waals surface area (Å²) in [6.45, 7) is 9.43. The van der Waals surface area contributed by atoms with Crippen LogP contribution in [-0.2, 0) is 0 Å². The summed E-state index contributed by atoms with van der Waals surface area (Å²) in [5.41, 5.74) is 4.73. The van der Waals surface area contributed by atoms with Gasteiger partial charge in [0.05, 0.1) is 22.7 Å². The molecule has 224 valence electrons. The van der Waals surface area contributed by atoms with Gasteiger partial charge in [-0.25, -0.2) is 9.97 Å². The van der Waals surface area contributed by atoms with Gasteiger partial charge in [-0.2, -0.15) is 0 Å². The second-order valence-electron chi connectivity index (χ2n) is 11.7. The second-order valence-corrected chi connectivity index (χ2v) is 12.1. The van der Waals surface area contributed by atoms with Gasteiger partial charge in [0.15, 0.2) is 5.65 Å². The maximum Gasteiger partial charge on any atom is 0.159 e. The summed E-state index contributed by atoms with van der Waals surface area (Å²) in [6.07, 6.45) is 9.81. The van der Waals surface area contributed by atoms with E-state index in [1.165, 1.54) is 31.3 Å². The average molecular weight is 591 g/mol. The lowest BCUT2D eigenvalue weighted by Gasteiger charge is -2.36. The van der Waals surface area contributed by atoms with Gasteiger partial charge in [-0.3, -0.25) is 4.90 Å². The Balaban J connectivity index is 1.04. The number of anilines is 2. The monoisotopic (exact) mass is 590 g/mol. The number of nitrogens with one attached hydrogen (secondary N) is 5. The molecule has 10 nitrogen and oxygen atoms in total. The third kappa shape index (κ3) is 6.99. The van der Waals surface area contributed by atoms with Gasteiger partial charge >= 0.3 is 0 Å². The van der Waals surface area contributed by atoms with Gasteiger partial charge in [-0.15, -0.1) is 0 Å². The van der Waals surface area contributed by atoms with Crippen LogP contribution >= 0.6 is 11.6 Å². The van der Waals surface area contributed by atoms with Crippen LogP contribution in [0.25, 0.3) is 22.6 Å². The molecular formula is C31H43ClN10. The largest absolute Gasteiger partial charge is 0.379 e. The number of likely N-dealkylation sites (tertiary alicyclic amines) is 1. The van der Waals surface area contributed by atoms with Gasteiger partial charge in [0.1, 0.15) is 11.3 Å². The summed E-state index contributed by atoms with van der Waals surface area (Å²) in [5, 5.41) is 18.0. The molecule has 1 saturated carbocycles. The molecule has 0 unspecified atom stereocenters. The van der Waals surface area contributed by atoms with E-state index in [-0.39, 0.29) is 0 Å². The van der Waals surface area contributed by atoms with Crippen molar-refractivity contribution in [3.05, 3.63) is 47.4 Å². The molecule has 6 rings (SSSR count). The minimum atomic E-state index is 0.398. The van der Waals surface area contributed by atoms with Gasteiger partial charge in [0.2, 0.25) is 0 Å². The quantitative estimate of drug-likeness (QED) is 0.201. The van der Waals surface area contributed by atoms with Crippen molar-refractivity contribution in [1.29, 1.82) is 5.41 Å². The Labute approximate surface area is 253 Å². The minimum Gasteiger partial charge on any atom is -0.379 e. The number of fused-ring (bicyclic) bond motifs is 1. The molecule has 5 N–H and O–H groups in total. The number of pyridine rings is 1. The summed E-state index contributed by atoms with van der Waals surface area (Å²) < 4.78 is 0. The molecule has 11 heteroatoms. The van der Waals surface area contributed by atoms with Crippen molar-refractivity contribution in [2.24, 2.45) is 5.92 Å². The van der Waals surface area contributed by atoms with Gasteiger partial charge in [0, 0.05) is 89.5 Å². The van der Waals surface area contributed by atoms with E-state index >= 15 is 0 Å². The Bertz CT molecular complexity index is 1370. The normalized spacial score (nSPS) is 19.3. The molecule has 3 fully saturated rings. The van der Waals surface area contributed by atoms with Gasteiger partial charge in [0.25, 0.3) is 0 Å². The van der Waals surface area contributed by atoms with Crippen molar-refractivity contribution in [2.75, 3.05) is 76.2 Å². The van der Waals surface area contributed by atoms with E-state index in [0.29, 0.717) is 11.1 Å². The summed E-state index contributed by atoms with van der Waals surface area (Å²) >= 11 is 6.65.